The van der Waals surface area contributed by atoms with Gasteiger partial charge >= 0.3 is 11.7 Å². The number of aryl methyl sites for hydroxylation is 1. The molecule has 1 N–H and O–H groups in total. The number of fused-ring (bicyclic) bond motifs is 1. The molecule has 0 aliphatic rings. The summed E-state index contributed by atoms with van der Waals surface area (Å²) < 4.78 is 43.3. The predicted molar refractivity (Wildman–Crippen MR) is 107 cm³/mol. The van der Waals surface area contributed by atoms with Crippen molar-refractivity contribution in [2.24, 2.45) is 0 Å². The third-order valence-corrected chi connectivity index (χ3v) is 5.63. The average Bonchev–Trinajstić information content (AvgIpc) is 3.02. The SMILES string of the molecule is CCOC(=O)c1c(C)oc2ccc(NS(=O)(=O)c3ccc(OC)c([N+](=O)[O-])c3)cc12. The minimum Gasteiger partial charge on any atom is -0.490 e. The summed E-state index contributed by atoms with van der Waals surface area (Å²) in [5.41, 5.74) is 0.254. The largest absolute Gasteiger partial charge is 0.490 e. The van der Waals surface area contributed by atoms with E-state index in [9.17, 15) is 23.3 Å². The molecular weight excluding hydrogens is 416 g/mol. The number of furan rings is 1. The molecule has 11 heteroatoms. The number of hydrogen-bond acceptors (Lipinski definition) is 8. The van der Waals surface area contributed by atoms with E-state index in [4.69, 9.17) is 13.9 Å². The van der Waals surface area contributed by atoms with E-state index in [1.165, 1.54) is 37.4 Å². The monoisotopic (exact) mass is 434 g/mol. The summed E-state index contributed by atoms with van der Waals surface area (Å²) in [6.07, 6.45) is 0. The predicted octanol–water partition coefficient (Wildman–Crippen LogP) is 3.64. The number of carbonyl (C=O) groups excluding carboxylic acids is 1. The summed E-state index contributed by atoms with van der Waals surface area (Å²) in [5, 5.41) is 11.6. The van der Waals surface area contributed by atoms with Crippen molar-refractivity contribution >= 4 is 38.3 Å². The smallest absolute Gasteiger partial charge is 0.342 e. The first-order valence-corrected chi connectivity index (χ1v) is 10.2. The Kier molecular flexibility index (Phi) is 5.65. The lowest BCUT2D eigenvalue weighted by Gasteiger charge is -2.09. The Morgan fingerprint density at radius 1 is 1.23 bits per heavy atom. The van der Waals surface area contributed by atoms with E-state index in [-0.39, 0.29) is 28.5 Å². The number of hydrogen-bond donors (Lipinski definition) is 1. The van der Waals surface area contributed by atoms with Crippen LogP contribution in [0.1, 0.15) is 23.0 Å². The average molecular weight is 434 g/mol. The van der Waals surface area contributed by atoms with Crippen LogP contribution < -0.4 is 9.46 Å². The molecular formula is C19H18N2O8S. The summed E-state index contributed by atoms with van der Waals surface area (Å²) in [6, 6.07) is 7.71. The van der Waals surface area contributed by atoms with E-state index >= 15 is 0 Å². The topological polar surface area (TPSA) is 138 Å². The molecule has 0 spiro atoms. The fourth-order valence-corrected chi connectivity index (χ4v) is 4.00. The molecule has 0 saturated carbocycles. The van der Waals surface area contributed by atoms with Gasteiger partial charge in [0, 0.05) is 17.1 Å². The number of nitrogens with zero attached hydrogens (tertiary/aromatic N) is 1. The van der Waals surface area contributed by atoms with Crippen molar-refractivity contribution in [2.45, 2.75) is 18.7 Å². The maximum absolute atomic E-state index is 12.7. The summed E-state index contributed by atoms with van der Waals surface area (Å²) in [4.78, 5) is 22.4. The maximum atomic E-state index is 12.7. The lowest BCUT2D eigenvalue weighted by Crippen LogP contribution is -2.13. The highest BCUT2D eigenvalue weighted by Gasteiger charge is 2.24. The van der Waals surface area contributed by atoms with Crippen molar-refractivity contribution < 1.29 is 32.0 Å². The van der Waals surface area contributed by atoms with Crippen LogP contribution in [0, 0.1) is 17.0 Å². The number of nitro benzene ring substituents is 1. The third-order valence-electron chi connectivity index (χ3n) is 4.25. The quantitative estimate of drug-likeness (QED) is 0.338. The Labute approximate surface area is 171 Å². The highest BCUT2D eigenvalue weighted by Crippen LogP contribution is 2.32. The Morgan fingerprint density at radius 3 is 2.60 bits per heavy atom. The zero-order valence-electron chi connectivity index (χ0n) is 16.3. The standard InChI is InChI=1S/C19H18N2O8S/c1-4-28-19(22)18-11(2)29-16-7-5-12(9-14(16)18)20-30(25,26)13-6-8-17(27-3)15(10-13)21(23)24/h5-10,20H,4H2,1-3H3. The fraction of sp³-hybridized carbons (Fsp3) is 0.211. The number of anilines is 1. The molecule has 3 aromatic rings. The molecule has 0 bridgehead atoms. The van der Waals surface area contributed by atoms with Gasteiger partial charge in [0.05, 0.1) is 23.5 Å². The van der Waals surface area contributed by atoms with Gasteiger partial charge in [0.2, 0.25) is 0 Å². The Balaban J connectivity index is 2.01. The fourth-order valence-electron chi connectivity index (χ4n) is 2.93. The van der Waals surface area contributed by atoms with Gasteiger partial charge in [0.1, 0.15) is 16.9 Å². The molecule has 3 rings (SSSR count). The van der Waals surface area contributed by atoms with Crippen LogP contribution in [-0.4, -0.2) is 33.0 Å². The van der Waals surface area contributed by atoms with E-state index in [0.717, 1.165) is 6.07 Å². The minimum absolute atomic E-state index is 0.0617. The van der Waals surface area contributed by atoms with E-state index in [1.807, 2.05) is 0 Å². The molecule has 30 heavy (non-hydrogen) atoms. The Hall–Kier alpha value is -3.60. The van der Waals surface area contributed by atoms with Crippen LogP contribution in [-0.2, 0) is 14.8 Å². The Bertz CT molecular complexity index is 1250. The summed E-state index contributed by atoms with van der Waals surface area (Å²) in [5.74, 6) is -0.304. The molecule has 0 aliphatic carbocycles. The van der Waals surface area contributed by atoms with E-state index in [1.54, 1.807) is 13.8 Å². The lowest BCUT2D eigenvalue weighted by atomic mass is 10.1. The molecule has 2 aromatic carbocycles. The van der Waals surface area contributed by atoms with Gasteiger partial charge in [-0.15, -0.1) is 0 Å². The number of ether oxygens (including phenoxy) is 2. The third kappa shape index (κ3) is 3.92. The molecule has 0 unspecified atom stereocenters. The second-order valence-electron chi connectivity index (χ2n) is 6.16. The van der Waals surface area contributed by atoms with Gasteiger partial charge in [-0.3, -0.25) is 14.8 Å². The van der Waals surface area contributed by atoms with Gasteiger partial charge in [-0.2, -0.15) is 0 Å². The van der Waals surface area contributed by atoms with Crippen LogP contribution in [0.15, 0.2) is 45.7 Å². The molecule has 0 aliphatic heterocycles. The lowest BCUT2D eigenvalue weighted by molar-refractivity contribution is -0.386. The molecule has 0 fully saturated rings. The van der Waals surface area contributed by atoms with Crippen molar-refractivity contribution in [2.75, 3.05) is 18.4 Å². The second-order valence-corrected chi connectivity index (χ2v) is 7.84. The number of rotatable bonds is 7. The van der Waals surface area contributed by atoms with Crippen LogP contribution in [0.4, 0.5) is 11.4 Å². The molecule has 0 saturated heterocycles. The number of carbonyl (C=O) groups is 1. The maximum Gasteiger partial charge on any atom is 0.342 e. The van der Waals surface area contributed by atoms with E-state index in [2.05, 4.69) is 4.72 Å². The zero-order valence-corrected chi connectivity index (χ0v) is 17.1. The molecule has 10 nitrogen and oxygen atoms in total. The van der Waals surface area contributed by atoms with Gasteiger partial charge in [-0.05, 0) is 44.2 Å². The molecule has 1 aromatic heterocycles. The second kappa shape index (κ2) is 8.03. The van der Waals surface area contributed by atoms with E-state index in [0.29, 0.717) is 16.7 Å². The van der Waals surface area contributed by atoms with Gasteiger partial charge < -0.3 is 13.9 Å². The van der Waals surface area contributed by atoms with Crippen molar-refractivity contribution in [1.82, 2.24) is 0 Å². The van der Waals surface area contributed by atoms with Crippen LogP contribution in [0.5, 0.6) is 5.75 Å². The number of nitro groups is 1. The highest BCUT2D eigenvalue weighted by atomic mass is 32.2. The number of nitrogens with one attached hydrogen (secondary N) is 1. The van der Waals surface area contributed by atoms with Crippen molar-refractivity contribution in [3.63, 3.8) is 0 Å². The number of esters is 1. The van der Waals surface area contributed by atoms with Gasteiger partial charge in [0.25, 0.3) is 10.0 Å². The minimum atomic E-state index is -4.16. The first-order chi connectivity index (χ1) is 14.2. The number of methoxy groups -OCH3 is 1. The number of benzene rings is 2. The summed E-state index contributed by atoms with van der Waals surface area (Å²) >= 11 is 0. The summed E-state index contributed by atoms with van der Waals surface area (Å²) in [6.45, 7) is 3.45. The Morgan fingerprint density at radius 2 is 1.97 bits per heavy atom. The van der Waals surface area contributed by atoms with Crippen LogP contribution in [0.25, 0.3) is 11.0 Å². The van der Waals surface area contributed by atoms with Crippen LogP contribution in [0.3, 0.4) is 0 Å². The first kappa shape index (κ1) is 21.1. The molecule has 0 amide bonds. The first-order valence-electron chi connectivity index (χ1n) is 8.73. The van der Waals surface area contributed by atoms with Gasteiger partial charge in [0.15, 0.2) is 5.75 Å². The van der Waals surface area contributed by atoms with Crippen LogP contribution >= 0.6 is 0 Å². The van der Waals surface area contributed by atoms with Crippen LogP contribution in [0.2, 0.25) is 0 Å². The summed E-state index contributed by atoms with van der Waals surface area (Å²) in [7, 11) is -2.91. The van der Waals surface area contributed by atoms with Gasteiger partial charge in [-0.25, -0.2) is 13.2 Å². The van der Waals surface area contributed by atoms with E-state index < -0.39 is 26.6 Å². The highest BCUT2D eigenvalue weighted by molar-refractivity contribution is 7.92. The van der Waals surface area contributed by atoms with Crippen molar-refractivity contribution in [1.29, 1.82) is 0 Å². The normalized spacial score (nSPS) is 11.3. The molecule has 0 radical (unpaired) electrons. The van der Waals surface area contributed by atoms with Gasteiger partial charge in [-0.1, -0.05) is 0 Å². The van der Waals surface area contributed by atoms with Crippen molar-refractivity contribution in [3.8, 4) is 5.75 Å². The molecule has 0 atom stereocenters. The zero-order chi connectivity index (χ0) is 22.1. The van der Waals surface area contributed by atoms with Crippen molar-refractivity contribution in [3.05, 3.63) is 57.8 Å². The molecule has 1 heterocycles. The number of sulfonamides is 1. The molecule has 158 valence electrons.